The summed E-state index contributed by atoms with van der Waals surface area (Å²) in [5.41, 5.74) is 4.42. The van der Waals surface area contributed by atoms with Crippen molar-refractivity contribution in [3.05, 3.63) is 89.5 Å². The number of anilines is 1. The van der Waals surface area contributed by atoms with Crippen LogP contribution in [0.2, 0.25) is 0 Å². The third-order valence-corrected chi connectivity index (χ3v) is 5.43. The summed E-state index contributed by atoms with van der Waals surface area (Å²) in [4.78, 5) is 12.3. The largest absolute Gasteiger partial charge is 0.507 e. The number of benzene rings is 3. The fourth-order valence-electron chi connectivity index (χ4n) is 2.44. The van der Waals surface area contributed by atoms with E-state index in [1.54, 1.807) is 30.3 Å². The number of rotatable bonds is 6. The summed E-state index contributed by atoms with van der Waals surface area (Å²) in [6.07, 6.45) is 1.33. The quantitative estimate of drug-likeness (QED) is 0.429. The Balaban J connectivity index is 1.64. The van der Waals surface area contributed by atoms with Crippen LogP contribution in [0.3, 0.4) is 0 Å². The van der Waals surface area contributed by atoms with Gasteiger partial charge in [-0.1, -0.05) is 29.8 Å². The summed E-state index contributed by atoms with van der Waals surface area (Å²) in [6, 6.07) is 19.0. The van der Waals surface area contributed by atoms with Crippen molar-refractivity contribution in [1.29, 1.82) is 0 Å². The lowest BCUT2D eigenvalue weighted by atomic mass is 10.2. The Morgan fingerprint density at radius 2 is 1.62 bits per heavy atom. The lowest BCUT2D eigenvalue weighted by Crippen LogP contribution is -2.18. The molecule has 3 N–H and O–H groups in total. The molecule has 0 aliphatic carbocycles. The molecule has 0 fully saturated rings. The number of phenols is 1. The molecule has 0 atom stereocenters. The molecular weight excluding hydrogens is 390 g/mol. The maximum absolute atomic E-state index is 12.4. The van der Waals surface area contributed by atoms with Gasteiger partial charge in [0.05, 0.1) is 11.1 Å². The van der Waals surface area contributed by atoms with Crippen LogP contribution < -0.4 is 10.1 Å². The number of sulfonamides is 1. The standard InChI is InChI=1S/C21H19N3O4S/c1-15-6-12-19(13-7-15)29(27,28)24-18-10-8-16(9-11-18)21(26)23-22-14-17-4-2-3-5-20(17)25/h2-14,24-25H,1H3,(H,23,26). The Kier molecular flexibility index (Phi) is 5.94. The number of carbonyl (C=O) groups excluding carboxylic acids is 1. The van der Waals surface area contributed by atoms with Gasteiger partial charge in [-0.05, 0) is 55.5 Å². The van der Waals surface area contributed by atoms with Crippen LogP contribution in [0.1, 0.15) is 21.5 Å². The molecule has 0 saturated heterocycles. The first kappa shape index (κ1) is 20.1. The number of aryl methyl sites for hydroxylation is 1. The zero-order valence-electron chi connectivity index (χ0n) is 15.5. The van der Waals surface area contributed by atoms with Crippen molar-refractivity contribution in [1.82, 2.24) is 5.43 Å². The van der Waals surface area contributed by atoms with Crippen molar-refractivity contribution in [3.63, 3.8) is 0 Å². The van der Waals surface area contributed by atoms with E-state index in [9.17, 15) is 18.3 Å². The molecule has 1 amide bonds. The summed E-state index contributed by atoms with van der Waals surface area (Å²) >= 11 is 0. The minimum atomic E-state index is -3.71. The van der Waals surface area contributed by atoms with Gasteiger partial charge in [0.25, 0.3) is 15.9 Å². The van der Waals surface area contributed by atoms with Crippen LogP contribution in [0.25, 0.3) is 0 Å². The van der Waals surface area contributed by atoms with E-state index in [2.05, 4.69) is 15.2 Å². The molecule has 3 aromatic rings. The molecule has 0 saturated carbocycles. The number of nitrogens with zero attached hydrogens (tertiary/aromatic N) is 1. The van der Waals surface area contributed by atoms with Gasteiger partial charge in [0.2, 0.25) is 0 Å². The summed E-state index contributed by atoms with van der Waals surface area (Å²) in [7, 11) is -3.71. The van der Waals surface area contributed by atoms with Gasteiger partial charge >= 0.3 is 0 Å². The molecule has 0 unspecified atom stereocenters. The van der Waals surface area contributed by atoms with Crippen molar-refractivity contribution >= 4 is 27.8 Å². The number of aromatic hydroxyl groups is 1. The molecule has 0 heterocycles. The van der Waals surface area contributed by atoms with Crippen LogP contribution >= 0.6 is 0 Å². The van der Waals surface area contributed by atoms with Crippen LogP contribution in [0, 0.1) is 6.92 Å². The molecule has 148 valence electrons. The second-order valence-electron chi connectivity index (χ2n) is 6.25. The Labute approximate surface area is 168 Å². The highest BCUT2D eigenvalue weighted by Gasteiger charge is 2.14. The SMILES string of the molecule is Cc1ccc(S(=O)(=O)Nc2ccc(C(=O)NN=Cc3ccccc3O)cc2)cc1. The van der Waals surface area contributed by atoms with E-state index >= 15 is 0 Å². The number of nitrogens with one attached hydrogen (secondary N) is 2. The molecule has 0 spiro atoms. The zero-order chi connectivity index (χ0) is 20.9. The van der Waals surface area contributed by atoms with E-state index in [-0.39, 0.29) is 10.6 Å². The van der Waals surface area contributed by atoms with E-state index in [0.717, 1.165) is 5.56 Å². The molecule has 0 aliphatic rings. The Morgan fingerprint density at radius 3 is 2.28 bits per heavy atom. The van der Waals surface area contributed by atoms with Gasteiger partial charge in [-0.3, -0.25) is 9.52 Å². The van der Waals surface area contributed by atoms with Gasteiger partial charge in [0, 0.05) is 16.8 Å². The lowest BCUT2D eigenvalue weighted by Gasteiger charge is -2.09. The zero-order valence-corrected chi connectivity index (χ0v) is 16.3. The van der Waals surface area contributed by atoms with Crippen molar-refractivity contribution in [3.8, 4) is 5.75 Å². The molecule has 0 radical (unpaired) electrons. The summed E-state index contributed by atoms with van der Waals surface area (Å²) in [6.45, 7) is 1.88. The maximum Gasteiger partial charge on any atom is 0.271 e. The fraction of sp³-hybridized carbons (Fsp3) is 0.0476. The highest BCUT2D eigenvalue weighted by Crippen LogP contribution is 2.17. The van der Waals surface area contributed by atoms with E-state index in [1.807, 2.05) is 6.92 Å². The molecule has 0 bridgehead atoms. The summed E-state index contributed by atoms with van der Waals surface area (Å²) in [5, 5.41) is 13.5. The fourth-order valence-corrected chi connectivity index (χ4v) is 3.50. The van der Waals surface area contributed by atoms with Gasteiger partial charge in [-0.25, -0.2) is 13.8 Å². The van der Waals surface area contributed by atoms with Gasteiger partial charge in [-0.15, -0.1) is 0 Å². The Morgan fingerprint density at radius 1 is 0.966 bits per heavy atom. The Bertz CT molecular complexity index is 1140. The molecule has 7 nitrogen and oxygen atoms in total. The molecule has 0 aliphatic heterocycles. The highest BCUT2D eigenvalue weighted by molar-refractivity contribution is 7.92. The number of hydrogen-bond acceptors (Lipinski definition) is 5. The van der Waals surface area contributed by atoms with Crippen molar-refractivity contribution in [2.45, 2.75) is 11.8 Å². The van der Waals surface area contributed by atoms with Gasteiger partial charge in [0.1, 0.15) is 5.75 Å². The minimum Gasteiger partial charge on any atom is -0.507 e. The van der Waals surface area contributed by atoms with E-state index in [0.29, 0.717) is 16.8 Å². The van der Waals surface area contributed by atoms with E-state index in [4.69, 9.17) is 0 Å². The van der Waals surface area contributed by atoms with Crippen LogP contribution in [0.4, 0.5) is 5.69 Å². The molecular formula is C21H19N3O4S. The maximum atomic E-state index is 12.4. The molecule has 29 heavy (non-hydrogen) atoms. The highest BCUT2D eigenvalue weighted by atomic mass is 32.2. The number of hydrogen-bond donors (Lipinski definition) is 3. The first-order chi connectivity index (χ1) is 13.8. The number of hydrazone groups is 1. The monoisotopic (exact) mass is 409 g/mol. The van der Waals surface area contributed by atoms with Gasteiger partial charge in [0.15, 0.2) is 0 Å². The van der Waals surface area contributed by atoms with Crippen LogP contribution in [0.15, 0.2) is 82.8 Å². The molecule has 8 heteroatoms. The average Bonchev–Trinajstić information content (AvgIpc) is 2.70. The van der Waals surface area contributed by atoms with Crippen LogP contribution in [-0.4, -0.2) is 25.6 Å². The van der Waals surface area contributed by atoms with E-state index < -0.39 is 15.9 Å². The average molecular weight is 409 g/mol. The topological polar surface area (TPSA) is 108 Å². The van der Waals surface area contributed by atoms with Crippen LogP contribution in [-0.2, 0) is 10.0 Å². The molecule has 0 aromatic heterocycles. The third-order valence-electron chi connectivity index (χ3n) is 4.04. The van der Waals surface area contributed by atoms with Crippen molar-refractivity contribution in [2.24, 2.45) is 5.10 Å². The smallest absolute Gasteiger partial charge is 0.271 e. The van der Waals surface area contributed by atoms with Gasteiger partial charge in [-0.2, -0.15) is 5.10 Å². The Hall–Kier alpha value is -3.65. The summed E-state index contributed by atoms with van der Waals surface area (Å²) < 4.78 is 27.3. The third kappa shape index (κ3) is 5.20. The normalized spacial score (nSPS) is 11.3. The van der Waals surface area contributed by atoms with Crippen molar-refractivity contribution in [2.75, 3.05) is 4.72 Å². The number of amides is 1. The number of carbonyl (C=O) groups is 1. The number of para-hydroxylation sites is 1. The first-order valence-corrected chi connectivity index (χ1v) is 10.1. The second-order valence-corrected chi connectivity index (χ2v) is 7.94. The lowest BCUT2D eigenvalue weighted by molar-refractivity contribution is 0.0955. The first-order valence-electron chi connectivity index (χ1n) is 8.66. The predicted molar refractivity (Wildman–Crippen MR) is 112 cm³/mol. The van der Waals surface area contributed by atoms with Gasteiger partial charge < -0.3 is 5.11 Å². The van der Waals surface area contributed by atoms with Crippen LogP contribution in [0.5, 0.6) is 5.75 Å². The number of phenolic OH excluding ortho intramolecular Hbond substituents is 1. The minimum absolute atomic E-state index is 0.0516. The predicted octanol–water partition coefficient (Wildman–Crippen LogP) is 3.27. The summed E-state index contributed by atoms with van der Waals surface area (Å²) in [5.74, 6) is -0.416. The molecule has 3 rings (SSSR count). The second kappa shape index (κ2) is 8.57. The van der Waals surface area contributed by atoms with E-state index in [1.165, 1.54) is 48.7 Å². The van der Waals surface area contributed by atoms with Crippen molar-refractivity contribution < 1.29 is 18.3 Å². The molecule has 3 aromatic carbocycles.